The number of benzene rings is 1. The van der Waals surface area contributed by atoms with Crippen molar-refractivity contribution in [3.05, 3.63) is 47.5 Å². The molecule has 0 N–H and O–H groups in total. The summed E-state index contributed by atoms with van der Waals surface area (Å²) in [6.45, 7) is 12.5. The van der Waals surface area contributed by atoms with Gasteiger partial charge in [-0.05, 0) is 11.1 Å². The minimum Gasteiger partial charge on any atom is -0.224 e. The first kappa shape index (κ1) is 26.2. The van der Waals surface area contributed by atoms with Crippen LogP contribution in [0.15, 0.2) is 36.4 Å². The average Bonchev–Trinajstić information content (AvgIpc) is 2.52. The maximum absolute atomic E-state index is 12.3. The monoisotopic (exact) mass is 478 g/mol. The van der Waals surface area contributed by atoms with Crippen LogP contribution in [0, 0.1) is 22.9 Å². The van der Waals surface area contributed by atoms with Gasteiger partial charge in [0.05, 0.1) is 9.81 Å². The van der Waals surface area contributed by atoms with Crippen LogP contribution in [0.25, 0.3) is 9.81 Å². The molecule has 30 heavy (non-hydrogen) atoms. The minimum atomic E-state index is -3.50. The van der Waals surface area contributed by atoms with Crippen LogP contribution in [0.5, 0.6) is 0 Å². The van der Waals surface area contributed by atoms with E-state index < -0.39 is 35.8 Å². The third-order valence-corrected chi connectivity index (χ3v) is 7.65. The zero-order chi connectivity index (χ0) is 23.4. The van der Waals surface area contributed by atoms with Crippen molar-refractivity contribution in [2.24, 2.45) is 0 Å². The second-order valence-electron chi connectivity index (χ2n) is 9.18. The smallest absolute Gasteiger partial charge is 0.176 e. The Morgan fingerprint density at radius 1 is 0.667 bits per heavy atom. The molecule has 1 aromatic carbocycles. The summed E-state index contributed by atoms with van der Waals surface area (Å²) in [5, 5.41) is 0. The molecule has 0 atom stereocenters. The Morgan fingerprint density at radius 2 is 0.933 bits per heavy atom. The average molecular weight is 479 g/mol. The van der Waals surface area contributed by atoms with E-state index in [0.29, 0.717) is 11.1 Å². The van der Waals surface area contributed by atoms with Crippen molar-refractivity contribution < 1.29 is 16.8 Å². The fourth-order valence-electron chi connectivity index (χ4n) is 2.24. The van der Waals surface area contributed by atoms with Gasteiger partial charge in [-0.3, -0.25) is 0 Å². The summed E-state index contributed by atoms with van der Waals surface area (Å²) in [6, 6.07) is 6.40. The maximum atomic E-state index is 12.3. The molecule has 0 aliphatic carbocycles. The van der Waals surface area contributed by atoms with Crippen molar-refractivity contribution in [2.75, 3.05) is 12.5 Å². The van der Waals surface area contributed by atoms with Crippen molar-refractivity contribution in [3.63, 3.8) is 0 Å². The fourth-order valence-corrected chi connectivity index (χ4v) is 4.93. The van der Waals surface area contributed by atoms with Crippen LogP contribution in [0.2, 0.25) is 39.3 Å². The van der Waals surface area contributed by atoms with Crippen molar-refractivity contribution in [1.29, 1.82) is 0 Å². The van der Waals surface area contributed by atoms with Gasteiger partial charge >= 0.3 is 0 Å². The van der Waals surface area contributed by atoms with Gasteiger partial charge < -0.3 is 0 Å². The first-order valence-electron chi connectivity index (χ1n) is 9.37. The lowest BCUT2D eigenvalue weighted by atomic mass is 10.1. The van der Waals surface area contributed by atoms with Gasteiger partial charge in [0.2, 0.25) is 0 Å². The van der Waals surface area contributed by atoms with Gasteiger partial charge in [0.25, 0.3) is 0 Å². The number of hydrogen-bond acceptors (Lipinski definition) is 4. The predicted molar refractivity (Wildman–Crippen MR) is 134 cm³/mol. The topological polar surface area (TPSA) is 68.3 Å². The molecule has 0 saturated heterocycles. The Balaban J connectivity index is 3.50. The molecule has 0 heterocycles. The minimum absolute atomic E-state index is 0.114. The summed E-state index contributed by atoms with van der Waals surface area (Å²) < 4.78 is 49.0. The lowest BCUT2D eigenvalue weighted by Gasteiger charge is -2.08. The highest BCUT2D eigenvalue weighted by molar-refractivity contribution is 8.00. The molecule has 162 valence electrons. The Morgan fingerprint density at radius 3 is 1.13 bits per heavy atom. The lowest BCUT2D eigenvalue weighted by molar-refractivity contribution is 0.609. The van der Waals surface area contributed by atoms with E-state index in [0.717, 1.165) is 12.5 Å². The molecule has 8 heteroatoms. The summed E-state index contributed by atoms with van der Waals surface area (Å²) in [4.78, 5) is 0.228. The second kappa shape index (κ2) is 9.53. The van der Waals surface area contributed by atoms with Gasteiger partial charge in [0.15, 0.2) is 19.7 Å². The van der Waals surface area contributed by atoms with Crippen molar-refractivity contribution in [2.45, 2.75) is 39.3 Å². The molecular formula is C22H30O4S2Si2. The first-order valence-corrected chi connectivity index (χ1v) is 20.2. The molecule has 0 spiro atoms. The molecule has 0 radical (unpaired) electrons. The molecule has 1 rings (SSSR count). The molecule has 0 fully saturated rings. The molecule has 0 bridgehead atoms. The molecule has 0 aliphatic heterocycles. The fraction of sp³-hybridized carbons (Fsp3) is 0.364. The Hall–Kier alpha value is -1.85. The summed E-state index contributed by atoms with van der Waals surface area (Å²) in [7, 11) is -10.3. The normalized spacial score (nSPS) is 13.7. The van der Waals surface area contributed by atoms with Crippen molar-refractivity contribution in [3.8, 4) is 22.9 Å². The van der Waals surface area contributed by atoms with Gasteiger partial charge in [-0.15, -0.1) is 11.1 Å². The summed E-state index contributed by atoms with van der Waals surface area (Å²) in [5.41, 5.74) is 7.18. The van der Waals surface area contributed by atoms with Crippen LogP contribution in [-0.2, 0) is 19.7 Å². The van der Waals surface area contributed by atoms with Crippen LogP contribution in [-0.4, -0.2) is 45.5 Å². The summed E-state index contributed by atoms with van der Waals surface area (Å²) >= 11 is 0. The van der Waals surface area contributed by atoms with Crippen LogP contribution >= 0.6 is 0 Å². The summed E-state index contributed by atoms with van der Waals surface area (Å²) in [5.74, 6) is 5.77. The predicted octanol–water partition coefficient (Wildman–Crippen LogP) is 4.22. The zero-order valence-corrected chi connectivity index (χ0v) is 22.5. The Labute approximate surface area is 184 Å². The molecular weight excluding hydrogens is 449 g/mol. The third kappa shape index (κ3) is 9.31. The van der Waals surface area contributed by atoms with E-state index in [1.165, 1.54) is 12.2 Å². The largest absolute Gasteiger partial charge is 0.224 e. The molecule has 0 unspecified atom stereocenters. The SMILES string of the molecule is C[Si](C)(C)C#C/C=C(/c1ccc(/C(=C/C#C[Si](C)(C)C)S(C)(=O)=O)cc1)S(C)(=O)=O. The number of rotatable bonds is 4. The van der Waals surface area contributed by atoms with E-state index >= 15 is 0 Å². The Kier molecular flexibility index (Phi) is 8.32. The summed E-state index contributed by atoms with van der Waals surface area (Å²) in [6.07, 6.45) is 5.12. The van der Waals surface area contributed by atoms with E-state index in [1.54, 1.807) is 24.3 Å². The lowest BCUT2D eigenvalue weighted by Crippen LogP contribution is -2.16. The highest BCUT2D eigenvalue weighted by Crippen LogP contribution is 2.25. The molecule has 0 aromatic heterocycles. The van der Waals surface area contributed by atoms with Gasteiger partial charge in [0, 0.05) is 24.7 Å². The highest BCUT2D eigenvalue weighted by atomic mass is 32.2. The van der Waals surface area contributed by atoms with Crippen molar-refractivity contribution in [1.82, 2.24) is 0 Å². The molecule has 4 nitrogen and oxygen atoms in total. The highest BCUT2D eigenvalue weighted by Gasteiger charge is 2.17. The maximum Gasteiger partial charge on any atom is 0.176 e. The quantitative estimate of drug-likeness (QED) is 0.480. The number of allylic oxidation sites excluding steroid dienone is 2. The number of hydrogen-bond donors (Lipinski definition) is 0. The van der Waals surface area contributed by atoms with Gasteiger partial charge in [-0.1, -0.05) is 75.4 Å². The standard InChI is InChI=1S/C22H30O4S2Si2/c1-27(23,24)21(11-9-17-29(3,4)5)19-13-15-20(16-14-19)22(28(2,25)26)12-10-18-30(6,7)8/h11-16H,1-8H3/b21-11-,22-12-. The van der Waals surface area contributed by atoms with E-state index in [2.05, 4.69) is 62.2 Å². The van der Waals surface area contributed by atoms with Crippen LogP contribution in [0.3, 0.4) is 0 Å². The van der Waals surface area contributed by atoms with Gasteiger partial charge in [0.1, 0.15) is 16.1 Å². The van der Waals surface area contributed by atoms with Crippen LogP contribution in [0.1, 0.15) is 11.1 Å². The number of sulfone groups is 2. The molecule has 1 aromatic rings. The van der Waals surface area contributed by atoms with Crippen LogP contribution < -0.4 is 0 Å². The van der Waals surface area contributed by atoms with E-state index in [4.69, 9.17) is 0 Å². The van der Waals surface area contributed by atoms with E-state index in [1.807, 2.05) is 0 Å². The van der Waals surface area contributed by atoms with E-state index in [-0.39, 0.29) is 9.81 Å². The molecule has 0 saturated carbocycles. The second-order valence-corrected chi connectivity index (χ2v) is 22.6. The van der Waals surface area contributed by atoms with E-state index in [9.17, 15) is 16.8 Å². The Bertz CT molecular complexity index is 1090. The zero-order valence-electron chi connectivity index (χ0n) is 18.9. The van der Waals surface area contributed by atoms with Crippen LogP contribution in [0.4, 0.5) is 0 Å². The van der Waals surface area contributed by atoms with Gasteiger partial charge in [-0.25, -0.2) is 16.8 Å². The van der Waals surface area contributed by atoms with Gasteiger partial charge in [-0.2, -0.15) is 0 Å². The molecule has 0 aliphatic rings. The third-order valence-electron chi connectivity index (χ3n) is 3.55. The van der Waals surface area contributed by atoms with Crippen molar-refractivity contribution >= 4 is 45.6 Å². The first-order chi connectivity index (χ1) is 13.4. The molecule has 0 amide bonds.